The summed E-state index contributed by atoms with van der Waals surface area (Å²) in [6.45, 7) is 7.20. The number of piperidine rings is 1. The first-order chi connectivity index (χ1) is 15.6. The number of fused-ring (bicyclic) bond motifs is 2. The summed E-state index contributed by atoms with van der Waals surface area (Å²) in [5.41, 5.74) is 5.87. The Hall–Kier alpha value is -2.92. The molecule has 0 amide bonds. The van der Waals surface area contributed by atoms with Crippen molar-refractivity contribution in [2.45, 2.75) is 52.0 Å². The second kappa shape index (κ2) is 8.91. The molecule has 1 fully saturated rings. The summed E-state index contributed by atoms with van der Waals surface area (Å²) in [4.78, 5) is 27.2. The molecule has 5 heteroatoms. The summed E-state index contributed by atoms with van der Waals surface area (Å²) in [6, 6.07) is 14.7. The van der Waals surface area contributed by atoms with Gasteiger partial charge in [-0.15, -0.1) is 0 Å². The van der Waals surface area contributed by atoms with E-state index in [2.05, 4.69) is 53.1 Å². The van der Waals surface area contributed by atoms with Crippen LogP contribution >= 0.6 is 0 Å². The number of aryl methyl sites for hydroxylation is 1. The summed E-state index contributed by atoms with van der Waals surface area (Å²) in [6.07, 6.45) is 5.56. The number of carbonyl (C=O) groups is 1. The van der Waals surface area contributed by atoms with Crippen LogP contribution in [0.25, 0.3) is 21.9 Å². The zero-order valence-electron chi connectivity index (χ0n) is 19.0. The summed E-state index contributed by atoms with van der Waals surface area (Å²) in [5.74, 6) is 1.70. The normalized spacial score (nSPS) is 16.7. The molecule has 5 rings (SSSR count). The van der Waals surface area contributed by atoms with E-state index < -0.39 is 0 Å². The molecular formula is C27H32N4O. The predicted octanol–water partition coefficient (Wildman–Crippen LogP) is 5.72. The average molecular weight is 429 g/mol. The Kier molecular flexibility index (Phi) is 5.83. The number of benzene rings is 2. The van der Waals surface area contributed by atoms with Crippen LogP contribution < -0.4 is 0 Å². The van der Waals surface area contributed by atoms with Crippen LogP contribution in [0.2, 0.25) is 0 Å². The van der Waals surface area contributed by atoms with Crippen LogP contribution in [-0.2, 0) is 11.3 Å². The molecule has 4 aromatic rings. The number of carbonyl (C=O) groups excluding carboxylic acids is 1. The lowest BCUT2D eigenvalue weighted by atomic mass is 9.86. The fourth-order valence-electron chi connectivity index (χ4n) is 5.09. The van der Waals surface area contributed by atoms with Crippen molar-refractivity contribution >= 4 is 27.7 Å². The maximum absolute atomic E-state index is 13.1. The van der Waals surface area contributed by atoms with Gasteiger partial charge in [0, 0.05) is 41.9 Å². The predicted molar refractivity (Wildman–Crippen MR) is 130 cm³/mol. The van der Waals surface area contributed by atoms with E-state index in [0.29, 0.717) is 12.2 Å². The van der Waals surface area contributed by atoms with Gasteiger partial charge < -0.3 is 9.97 Å². The highest BCUT2D eigenvalue weighted by Gasteiger charge is 2.28. The molecule has 0 bridgehead atoms. The Morgan fingerprint density at radius 2 is 1.97 bits per heavy atom. The molecule has 2 aromatic carbocycles. The lowest BCUT2D eigenvalue weighted by Gasteiger charge is -2.31. The van der Waals surface area contributed by atoms with E-state index in [0.717, 1.165) is 55.8 Å². The summed E-state index contributed by atoms with van der Waals surface area (Å²) in [7, 11) is 0. The van der Waals surface area contributed by atoms with Crippen molar-refractivity contribution in [3.63, 3.8) is 0 Å². The van der Waals surface area contributed by atoms with Gasteiger partial charge >= 0.3 is 0 Å². The van der Waals surface area contributed by atoms with E-state index in [4.69, 9.17) is 4.98 Å². The van der Waals surface area contributed by atoms with Gasteiger partial charge in [0.05, 0.1) is 11.0 Å². The van der Waals surface area contributed by atoms with Crippen LogP contribution in [0.3, 0.4) is 0 Å². The van der Waals surface area contributed by atoms with Crippen LogP contribution in [0.15, 0.2) is 48.7 Å². The number of para-hydroxylation sites is 2. The van der Waals surface area contributed by atoms with E-state index in [1.807, 2.05) is 24.3 Å². The number of aromatic nitrogens is 3. The number of nitrogens with zero attached hydrogens (tertiary/aromatic N) is 2. The summed E-state index contributed by atoms with van der Waals surface area (Å²) < 4.78 is 0. The summed E-state index contributed by atoms with van der Waals surface area (Å²) in [5, 5.41) is 1.32. The van der Waals surface area contributed by atoms with Crippen molar-refractivity contribution in [1.29, 1.82) is 0 Å². The molecule has 1 aliphatic heterocycles. The topological polar surface area (TPSA) is 64.8 Å². The molecule has 0 saturated carbocycles. The number of nitrogens with one attached hydrogen (secondary N) is 2. The minimum absolute atomic E-state index is 0.169. The van der Waals surface area contributed by atoms with Gasteiger partial charge in [-0.2, -0.15) is 0 Å². The fourth-order valence-corrected chi connectivity index (χ4v) is 5.09. The smallest absolute Gasteiger partial charge is 0.136 e. The molecule has 2 N–H and O–H groups in total. The second-order valence-electron chi connectivity index (χ2n) is 9.33. The monoisotopic (exact) mass is 428 g/mol. The van der Waals surface area contributed by atoms with Crippen LogP contribution in [0.4, 0.5) is 0 Å². The molecule has 5 nitrogen and oxygen atoms in total. The first kappa shape index (κ1) is 21.0. The number of hydrogen-bond donors (Lipinski definition) is 2. The quantitative estimate of drug-likeness (QED) is 0.396. The van der Waals surface area contributed by atoms with Crippen molar-refractivity contribution in [3.05, 3.63) is 65.6 Å². The summed E-state index contributed by atoms with van der Waals surface area (Å²) >= 11 is 0. The average Bonchev–Trinajstić information content (AvgIpc) is 3.42. The highest BCUT2D eigenvalue weighted by Crippen LogP contribution is 2.29. The molecule has 1 saturated heterocycles. The van der Waals surface area contributed by atoms with E-state index >= 15 is 0 Å². The molecule has 1 atom stereocenters. The van der Waals surface area contributed by atoms with Crippen molar-refractivity contribution in [2.24, 2.45) is 5.92 Å². The zero-order valence-corrected chi connectivity index (χ0v) is 19.0. The fraction of sp³-hybridized carbons (Fsp3) is 0.407. The van der Waals surface area contributed by atoms with E-state index in [-0.39, 0.29) is 11.8 Å². The van der Waals surface area contributed by atoms with Crippen molar-refractivity contribution < 1.29 is 4.79 Å². The third kappa shape index (κ3) is 4.22. The van der Waals surface area contributed by atoms with Crippen LogP contribution in [0.5, 0.6) is 0 Å². The standard InChI is InChI=1S/C27H32N4O/c1-3-19(27-29-24-6-4-5-7-25(24)30-27)15-26(32)20-10-12-31(13-11-20)17-21-16-28-23-9-8-18(2)14-22(21)23/h4-9,14,16,19-20,28H,3,10-13,15,17H2,1-2H3,(H,29,30). The zero-order chi connectivity index (χ0) is 22.1. The third-order valence-corrected chi connectivity index (χ3v) is 7.09. The highest BCUT2D eigenvalue weighted by atomic mass is 16.1. The van der Waals surface area contributed by atoms with Crippen LogP contribution in [-0.4, -0.2) is 38.7 Å². The Labute approximate surface area is 189 Å². The van der Waals surface area contributed by atoms with Gasteiger partial charge in [0.2, 0.25) is 0 Å². The minimum atomic E-state index is 0.169. The number of likely N-dealkylation sites (tertiary alicyclic amines) is 1. The first-order valence-corrected chi connectivity index (χ1v) is 11.9. The minimum Gasteiger partial charge on any atom is -0.361 e. The Morgan fingerprint density at radius 3 is 2.75 bits per heavy atom. The molecule has 0 aliphatic carbocycles. The Balaban J connectivity index is 1.19. The number of imidazole rings is 1. The molecule has 0 spiro atoms. The van der Waals surface area contributed by atoms with Gasteiger partial charge in [-0.1, -0.05) is 30.7 Å². The van der Waals surface area contributed by atoms with Crippen molar-refractivity contribution in [1.82, 2.24) is 19.9 Å². The molecular weight excluding hydrogens is 396 g/mol. The van der Waals surface area contributed by atoms with Gasteiger partial charge in [-0.3, -0.25) is 9.69 Å². The van der Waals surface area contributed by atoms with Gasteiger partial charge in [0.15, 0.2) is 0 Å². The lowest BCUT2D eigenvalue weighted by Crippen LogP contribution is -2.36. The number of H-pyrrole nitrogens is 2. The van der Waals surface area contributed by atoms with Crippen LogP contribution in [0, 0.1) is 12.8 Å². The van der Waals surface area contributed by atoms with Gasteiger partial charge in [-0.25, -0.2) is 4.98 Å². The number of rotatable bonds is 7. The van der Waals surface area contributed by atoms with E-state index in [1.165, 1.54) is 22.0 Å². The molecule has 1 unspecified atom stereocenters. The molecule has 166 valence electrons. The molecule has 0 radical (unpaired) electrons. The number of aromatic amines is 2. The molecule has 32 heavy (non-hydrogen) atoms. The Bertz CT molecular complexity index is 1200. The van der Waals surface area contributed by atoms with E-state index in [1.54, 1.807) is 0 Å². The maximum atomic E-state index is 13.1. The first-order valence-electron chi connectivity index (χ1n) is 11.9. The van der Waals surface area contributed by atoms with Crippen LogP contribution in [0.1, 0.15) is 55.5 Å². The van der Waals surface area contributed by atoms with Crippen molar-refractivity contribution in [2.75, 3.05) is 13.1 Å². The van der Waals surface area contributed by atoms with Gasteiger partial charge in [-0.05, 0) is 69.1 Å². The molecule has 1 aliphatic rings. The number of ketones is 1. The second-order valence-corrected chi connectivity index (χ2v) is 9.33. The maximum Gasteiger partial charge on any atom is 0.136 e. The van der Waals surface area contributed by atoms with Gasteiger partial charge in [0.1, 0.15) is 11.6 Å². The molecule has 3 heterocycles. The molecule has 2 aromatic heterocycles. The third-order valence-electron chi connectivity index (χ3n) is 7.09. The number of Topliss-reactive ketones (excluding diaryl/α,β-unsaturated/α-hetero) is 1. The van der Waals surface area contributed by atoms with Crippen molar-refractivity contribution in [3.8, 4) is 0 Å². The largest absolute Gasteiger partial charge is 0.361 e. The Morgan fingerprint density at radius 1 is 1.16 bits per heavy atom. The SMILES string of the molecule is CCC(CC(=O)C1CCN(Cc2c[nH]c3ccc(C)cc23)CC1)c1nc2ccccc2[nH]1. The van der Waals surface area contributed by atoms with Gasteiger partial charge in [0.25, 0.3) is 0 Å². The highest BCUT2D eigenvalue weighted by molar-refractivity contribution is 5.84. The lowest BCUT2D eigenvalue weighted by molar-refractivity contribution is -0.124. The van der Waals surface area contributed by atoms with E-state index in [9.17, 15) is 4.79 Å². The number of hydrogen-bond acceptors (Lipinski definition) is 3.